The number of hydrogen-bond acceptors (Lipinski definition) is 4. The van der Waals surface area contributed by atoms with Crippen LogP contribution in [0.15, 0.2) is 42.5 Å². The average molecular weight is 487 g/mol. The van der Waals surface area contributed by atoms with Crippen LogP contribution in [0, 0.1) is 5.82 Å². The van der Waals surface area contributed by atoms with E-state index in [1.54, 1.807) is 34.1 Å². The second-order valence-corrected chi connectivity index (χ2v) is 8.58. The second-order valence-electron chi connectivity index (χ2n) is 8.18. The normalized spacial score (nSPS) is 16.1. The summed E-state index contributed by atoms with van der Waals surface area (Å²) in [5.74, 6) is -1.50. The van der Waals surface area contributed by atoms with E-state index in [0.29, 0.717) is 31.6 Å². The maximum atomic E-state index is 13.5. The first-order valence-electron chi connectivity index (χ1n) is 11.0. The standard InChI is InChI=1S/C24H24ClFN4O4/c25-20-8-5-17(26)14-19(20)24(34)29-12-10-28(11-13-29)22(32)15-27-23(33)16-3-6-18(7-4-16)30-9-1-2-21(30)31/h3-8,14H,1-2,9-13,15H2,(H,27,33). The number of carbonyl (C=O) groups is 4. The van der Waals surface area contributed by atoms with Crippen molar-refractivity contribution in [3.8, 4) is 0 Å². The van der Waals surface area contributed by atoms with Gasteiger partial charge in [0.2, 0.25) is 11.8 Å². The molecule has 2 fully saturated rings. The third-order valence-electron chi connectivity index (χ3n) is 5.99. The lowest BCUT2D eigenvalue weighted by atomic mass is 10.1. The third kappa shape index (κ3) is 5.20. The minimum Gasteiger partial charge on any atom is -0.343 e. The summed E-state index contributed by atoms with van der Waals surface area (Å²) in [5, 5.41) is 2.79. The Labute approximate surface area is 201 Å². The Bertz CT molecular complexity index is 1120. The smallest absolute Gasteiger partial charge is 0.255 e. The molecular weight excluding hydrogens is 463 g/mol. The summed E-state index contributed by atoms with van der Waals surface area (Å²) in [5.41, 5.74) is 1.24. The molecule has 0 spiro atoms. The molecule has 2 aromatic rings. The summed E-state index contributed by atoms with van der Waals surface area (Å²) in [7, 11) is 0. The highest BCUT2D eigenvalue weighted by Crippen LogP contribution is 2.22. The first kappa shape index (κ1) is 23.7. The van der Waals surface area contributed by atoms with Gasteiger partial charge in [-0.25, -0.2) is 4.39 Å². The van der Waals surface area contributed by atoms with Crippen LogP contribution in [0.25, 0.3) is 0 Å². The minimum atomic E-state index is -0.545. The van der Waals surface area contributed by atoms with Gasteiger partial charge in [0, 0.05) is 50.4 Å². The van der Waals surface area contributed by atoms with Crippen molar-refractivity contribution in [3.63, 3.8) is 0 Å². The fourth-order valence-corrected chi connectivity index (χ4v) is 4.27. The highest BCUT2D eigenvalue weighted by molar-refractivity contribution is 6.33. The maximum Gasteiger partial charge on any atom is 0.255 e. The van der Waals surface area contributed by atoms with Gasteiger partial charge >= 0.3 is 0 Å². The molecule has 178 valence electrons. The van der Waals surface area contributed by atoms with E-state index in [1.807, 2.05) is 0 Å². The molecule has 0 aliphatic carbocycles. The minimum absolute atomic E-state index is 0.0728. The Kier molecular flexibility index (Phi) is 7.12. The van der Waals surface area contributed by atoms with Crippen molar-refractivity contribution in [1.82, 2.24) is 15.1 Å². The number of carbonyl (C=O) groups excluding carboxylic acids is 4. The van der Waals surface area contributed by atoms with Crippen molar-refractivity contribution < 1.29 is 23.6 Å². The van der Waals surface area contributed by atoms with Crippen LogP contribution in [-0.2, 0) is 9.59 Å². The fourth-order valence-electron chi connectivity index (χ4n) is 4.07. The number of amides is 4. The molecule has 0 atom stereocenters. The number of piperazine rings is 1. The van der Waals surface area contributed by atoms with Crippen molar-refractivity contribution in [2.75, 3.05) is 44.2 Å². The molecule has 2 saturated heterocycles. The van der Waals surface area contributed by atoms with Crippen LogP contribution in [0.4, 0.5) is 10.1 Å². The van der Waals surface area contributed by atoms with Crippen LogP contribution < -0.4 is 10.2 Å². The number of benzene rings is 2. The molecule has 0 radical (unpaired) electrons. The van der Waals surface area contributed by atoms with Crippen LogP contribution in [0.3, 0.4) is 0 Å². The van der Waals surface area contributed by atoms with Crippen molar-refractivity contribution in [1.29, 1.82) is 0 Å². The van der Waals surface area contributed by atoms with E-state index in [9.17, 15) is 23.6 Å². The van der Waals surface area contributed by atoms with Gasteiger partial charge in [0.05, 0.1) is 17.1 Å². The van der Waals surface area contributed by atoms with E-state index >= 15 is 0 Å². The molecule has 0 unspecified atom stereocenters. The number of nitrogens with zero attached hydrogens (tertiary/aromatic N) is 3. The first-order chi connectivity index (χ1) is 16.3. The van der Waals surface area contributed by atoms with Gasteiger partial charge in [-0.2, -0.15) is 0 Å². The van der Waals surface area contributed by atoms with E-state index in [-0.39, 0.29) is 53.8 Å². The van der Waals surface area contributed by atoms with E-state index in [4.69, 9.17) is 11.6 Å². The lowest BCUT2D eigenvalue weighted by Gasteiger charge is -2.35. The van der Waals surface area contributed by atoms with Gasteiger partial charge in [0.1, 0.15) is 5.82 Å². The van der Waals surface area contributed by atoms with Crippen LogP contribution in [0.5, 0.6) is 0 Å². The molecule has 34 heavy (non-hydrogen) atoms. The van der Waals surface area contributed by atoms with Gasteiger partial charge in [-0.3, -0.25) is 19.2 Å². The molecule has 1 N–H and O–H groups in total. The highest BCUT2D eigenvalue weighted by atomic mass is 35.5. The van der Waals surface area contributed by atoms with Crippen LogP contribution in [-0.4, -0.2) is 72.7 Å². The van der Waals surface area contributed by atoms with Crippen molar-refractivity contribution in [2.24, 2.45) is 0 Å². The van der Waals surface area contributed by atoms with Crippen molar-refractivity contribution >= 4 is 40.9 Å². The molecule has 2 aromatic carbocycles. The molecule has 2 heterocycles. The monoisotopic (exact) mass is 486 g/mol. The average Bonchev–Trinajstić information content (AvgIpc) is 3.29. The van der Waals surface area contributed by atoms with E-state index in [2.05, 4.69) is 5.32 Å². The summed E-state index contributed by atoms with van der Waals surface area (Å²) >= 11 is 6.02. The second kappa shape index (κ2) is 10.2. The number of anilines is 1. The lowest BCUT2D eigenvalue weighted by Crippen LogP contribution is -2.52. The van der Waals surface area contributed by atoms with E-state index in [0.717, 1.165) is 18.2 Å². The van der Waals surface area contributed by atoms with Gasteiger partial charge in [0.15, 0.2) is 0 Å². The van der Waals surface area contributed by atoms with E-state index < -0.39 is 5.82 Å². The van der Waals surface area contributed by atoms with Gasteiger partial charge < -0.3 is 20.0 Å². The summed E-state index contributed by atoms with van der Waals surface area (Å²) in [6.45, 7) is 1.66. The zero-order valence-corrected chi connectivity index (χ0v) is 19.2. The fraction of sp³-hybridized carbons (Fsp3) is 0.333. The SMILES string of the molecule is O=C(NCC(=O)N1CCN(C(=O)c2cc(F)ccc2Cl)CC1)c1ccc(N2CCCC2=O)cc1. The Balaban J connectivity index is 1.25. The third-order valence-corrected chi connectivity index (χ3v) is 6.32. The molecule has 8 nitrogen and oxygen atoms in total. The summed E-state index contributed by atoms with van der Waals surface area (Å²) in [6, 6.07) is 10.3. The lowest BCUT2D eigenvalue weighted by molar-refractivity contribution is -0.131. The van der Waals surface area contributed by atoms with Crippen molar-refractivity contribution in [2.45, 2.75) is 12.8 Å². The number of halogens is 2. The molecular formula is C24H24ClFN4O4. The predicted octanol–water partition coefficient (Wildman–Crippen LogP) is 2.32. The van der Waals surface area contributed by atoms with Crippen LogP contribution >= 0.6 is 11.6 Å². The van der Waals surface area contributed by atoms with Crippen LogP contribution in [0.1, 0.15) is 33.6 Å². The Morgan fingerprint density at radius 2 is 1.62 bits per heavy atom. The highest BCUT2D eigenvalue weighted by Gasteiger charge is 2.26. The molecule has 2 aliphatic heterocycles. The number of hydrogen-bond donors (Lipinski definition) is 1. The zero-order valence-electron chi connectivity index (χ0n) is 18.4. The summed E-state index contributed by atoms with van der Waals surface area (Å²) in [6.07, 6.45) is 1.36. The number of rotatable bonds is 5. The zero-order chi connectivity index (χ0) is 24.2. The Morgan fingerprint density at radius 1 is 0.941 bits per heavy atom. The van der Waals surface area contributed by atoms with Crippen LogP contribution in [0.2, 0.25) is 5.02 Å². The largest absolute Gasteiger partial charge is 0.343 e. The topological polar surface area (TPSA) is 90.0 Å². The summed E-state index contributed by atoms with van der Waals surface area (Å²) < 4.78 is 13.5. The maximum absolute atomic E-state index is 13.5. The van der Waals surface area contributed by atoms with Gasteiger partial charge in [-0.15, -0.1) is 0 Å². The molecule has 10 heteroatoms. The molecule has 0 bridgehead atoms. The van der Waals surface area contributed by atoms with Crippen molar-refractivity contribution in [3.05, 3.63) is 64.4 Å². The molecule has 4 amide bonds. The van der Waals surface area contributed by atoms with Gasteiger partial charge in [0.25, 0.3) is 11.8 Å². The van der Waals surface area contributed by atoms with E-state index in [1.165, 1.54) is 17.0 Å². The Hall–Kier alpha value is -3.46. The quantitative estimate of drug-likeness (QED) is 0.702. The van der Waals surface area contributed by atoms with Gasteiger partial charge in [-0.1, -0.05) is 11.6 Å². The van der Waals surface area contributed by atoms with Gasteiger partial charge in [-0.05, 0) is 48.9 Å². The Morgan fingerprint density at radius 3 is 2.26 bits per heavy atom. The molecule has 4 rings (SSSR count). The molecule has 0 aromatic heterocycles. The summed E-state index contributed by atoms with van der Waals surface area (Å²) in [4.78, 5) is 54.2. The predicted molar refractivity (Wildman–Crippen MR) is 124 cm³/mol. The number of nitrogens with one attached hydrogen (secondary N) is 1. The molecule has 2 aliphatic rings. The first-order valence-corrected chi connectivity index (χ1v) is 11.4. The molecule has 0 saturated carbocycles.